The Balaban J connectivity index is 2.87. The third-order valence-electron chi connectivity index (χ3n) is 1.41. The van der Waals surface area contributed by atoms with E-state index in [-0.39, 0.29) is 0 Å². The molecule has 0 aliphatic heterocycles. The van der Waals surface area contributed by atoms with Gasteiger partial charge in [-0.25, -0.2) is 9.97 Å². The van der Waals surface area contributed by atoms with E-state index in [0.717, 1.165) is 14.9 Å². The predicted molar refractivity (Wildman–Crippen MR) is 49.1 cm³/mol. The third-order valence-corrected chi connectivity index (χ3v) is 1.93. The zero-order chi connectivity index (χ0) is 7.84. The van der Waals surface area contributed by atoms with E-state index in [2.05, 4.69) is 42.8 Å². The minimum atomic E-state index is 0.683. The van der Waals surface area contributed by atoms with Gasteiger partial charge in [-0.3, -0.25) is 5.10 Å². The highest BCUT2D eigenvalue weighted by Crippen LogP contribution is 2.10. The van der Waals surface area contributed by atoms with Gasteiger partial charge in [0, 0.05) is 0 Å². The maximum absolute atomic E-state index is 4.27. The summed E-state index contributed by atoms with van der Waals surface area (Å²) in [4.78, 5) is 8.35. The minimum Gasteiger partial charge on any atom is -0.278 e. The largest absolute Gasteiger partial charge is 0.278 e. The van der Waals surface area contributed by atoms with Crippen LogP contribution >= 0.6 is 22.6 Å². The lowest BCUT2D eigenvalue weighted by Gasteiger charge is -1.88. The molecule has 0 aromatic carbocycles. The number of nitrogens with zero attached hydrogens (tertiary/aromatic N) is 3. The summed E-state index contributed by atoms with van der Waals surface area (Å²) in [7, 11) is 0. The molecule has 0 aliphatic carbocycles. The fourth-order valence-electron chi connectivity index (χ4n) is 0.884. The van der Waals surface area contributed by atoms with Gasteiger partial charge in [0.05, 0.1) is 11.9 Å². The molecule has 1 N–H and O–H groups in total. The normalized spacial score (nSPS) is 10.7. The van der Waals surface area contributed by atoms with E-state index in [0.29, 0.717) is 5.65 Å². The van der Waals surface area contributed by atoms with Crippen LogP contribution in [0.3, 0.4) is 0 Å². The van der Waals surface area contributed by atoms with Crippen molar-refractivity contribution in [3.8, 4) is 0 Å². The zero-order valence-corrected chi connectivity index (χ0v) is 7.95. The first kappa shape index (κ1) is 6.96. The fraction of sp³-hybridized carbons (Fsp3) is 0.167. The van der Waals surface area contributed by atoms with E-state index in [9.17, 15) is 0 Å². The molecule has 0 fully saturated rings. The smallest absolute Gasteiger partial charge is 0.199 e. The van der Waals surface area contributed by atoms with Gasteiger partial charge in [-0.1, -0.05) is 0 Å². The standard InChI is InChI=1S/C6H5IN4/c1-3-5-6(11-10-3)8-2-4(7)9-5/h2H,1H3,(H,8,10,11). The molecule has 2 aromatic rings. The number of aryl methyl sites for hydroxylation is 1. The van der Waals surface area contributed by atoms with Gasteiger partial charge in [0.15, 0.2) is 5.65 Å². The Bertz CT molecular complexity index is 394. The average Bonchev–Trinajstić information content (AvgIpc) is 2.33. The van der Waals surface area contributed by atoms with Gasteiger partial charge >= 0.3 is 0 Å². The van der Waals surface area contributed by atoms with Gasteiger partial charge in [0.2, 0.25) is 0 Å². The SMILES string of the molecule is Cc1[nH]nc2ncc(I)nc12. The molecule has 0 saturated heterocycles. The number of fused-ring (bicyclic) bond motifs is 1. The molecule has 0 spiro atoms. The summed E-state index contributed by atoms with van der Waals surface area (Å²) in [6, 6.07) is 0. The molecule has 2 heterocycles. The highest BCUT2D eigenvalue weighted by atomic mass is 127. The molecule has 4 nitrogen and oxygen atoms in total. The summed E-state index contributed by atoms with van der Waals surface area (Å²) in [6.07, 6.45) is 1.70. The lowest BCUT2D eigenvalue weighted by atomic mass is 10.4. The van der Waals surface area contributed by atoms with E-state index in [4.69, 9.17) is 0 Å². The number of aromatic nitrogens is 4. The Kier molecular flexibility index (Phi) is 1.52. The number of rotatable bonds is 0. The first-order valence-corrected chi connectivity index (χ1v) is 4.18. The van der Waals surface area contributed by atoms with Gasteiger partial charge in [-0.05, 0) is 29.5 Å². The Labute approximate surface area is 76.6 Å². The number of aromatic amines is 1. The number of H-pyrrole nitrogens is 1. The van der Waals surface area contributed by atoms with Crippen LogP contribution in [-0.4, -0.2) is 20.2 Å². The molecule has 56 valence electrons. The van der Waals surface area contributed by atoms with Gasteiger partial charge < -0.3 is 0 Å². The topological polar surface area (TPSA) is 54.5 Å². The lowest BCUT2D eigenvalue weighted by Crippen LogP contribution is -1.84. The van der Waals surface area contributed by atoms with Crippen LogP contribution in [0.15, 0.2) is 6.20 Å². The maximum Gasteiger partial charge on any atom is 0.199 e. The summed E-state index contributed by atoms with van der Waals surface area (Å²) in [5.74, 6) is 0. The number of nitrogens with one attached hydrogen (secondary N) is 1. The summed E-state index contributed by atoms with van der Waals surface area (Å²) >= 11 is 2.13. The molecule has 11 heavy (non-hydrogen) atoms. The molecule has 0 bridgehead atoms. The molecule has 2 aromatic heterocycles. The van der Waals surface area contributed by atoms with Crippen LogP contribution in [0, 0.1) is 10.6 Å². The third kappa shape index (κ3) is 1.09. The van der Waals surface area contributed by atoms with Crippen molar-refractivity contribution in [2.45, 2.75) is 6.92 Å². The average molecular weight is 260 g/mol. The molecule has 2 rings (SSSR count). The second-order valence-electron chi connectivity index (χ2n) is 2.21. The van der Waals surface area contributed by atoms with Crippen LogP contribution in [-0.2, 0) is 0 Å². The minimum absolute atomic E-state index is 0.683. The van der Waals surface area contributed by atoms with E-state index in [1.165, 1.54) is 0 Å². The van der Waals surface area contributed by atoms with Crippen molar-refractivity contribution in [3.05, 3.63) is 15.6 Å². The molecule has 0 unspecified atom stereocenters. The summed E-state index contributed by atoms with van der Waals surface area (Å²) in [5.41, 5.74) is 2.51. The van der Waals surface area contributed by atoms with Gasteiger partial charge in [-0.2, -0.15) is 5.10 Å². The number of halogens is 1. The Morgan fingerprint density at radius 1 is 1.55 bits per heavy atom. The van der Waals surface area contributed by atoms with E-state index in [1.54, 1.807) is 6.20 Å². The summed E-state index contributed by atoms with van der Waals surface area (Å²) in [6.45, 7) is 1.93. The van der Waals surface area contributed by atoms with Gasteiger partial charge in [-0.15, -0.1) is 0 Å². The number of hydrogen-bond donors (Lipinski definition) is 1. The number of hydrogen-bond acceptors (Lipinski definition) is 3. The molecular formula is C6H5IN4. The van der Waals surface area contributed by atoms with Crippen molar-refractivity contribution in [1.82, 2.24) is 20.2 Å². The predicted octanol–water partition coefficient (Wildman–Crippen LogP) is 1.27. The van der Waals surface area contributed by atoms with Crippen LogP contribution in [0.5, 0.6) is 0 Å². The highest BCUT2D eigenvalue weighted by Gasteiger charge is 2.02. The quantitative estimate of drug-likeness (QED) is 0.725. The van der Waals surface area contributed by atoms with Crippen molar-refractivity contribution in [1.29, 1.82) is 0 Å². The van der Waals surface area contributed by atoms with Crippen molar-refractivity contribution in [2.24, 2.45) is 0 Å². The van der Waals surface area contributed by atoms with Crippen LogP contribution in [0.25, 0.3) is 11.2 Å². The van der Waals surface area contributed by atoms with Crippen molar-refractivity contribution >= 4 is 33.8 Å². The molecule has 0 amide bonds. The Hall–Kier alpha value is -0.720. The highest BCUT2D eigenvalue weighted by molar-refractivity contribution is 14.1. The molecule has 0 saturated carbocycles. The fourth-order valence-corrected chi connectivity index (χ4v) is 1.26. The zero-order valence-electron chi connectivity index (χ0n) is 5.80. The van der Waals surface area contributed by atoms with Crippen molar-refractivity contribution in [3.63, 3.8) is 0 Å². The first-order valence-electron chi connectivity index (χ1n) is 3.10. The molecule has 0 aliphatic rings. The second-order valence-corrected chi connectivity index (χ2v) is 3.32. The second kappa shape index (κ2) is 2.40. The van der Waals surface area contributed by atoms with Crippen LogP contribution < -0.4 is 0 Å². The molecular weight excluding hydrogens is 255 g/mol. The monoisotopic (exact) mass is 260 g/mol. The van der Waals surface area contributed by atoms with Crippen molar-refractivity contribution < 1.29 is 0 Å². The van der Waals surface area contributed by atoms with Gasteiger partial charge in [0.1, 0.15) is 9.22 Å². The van der Waals surface area contributed by atoms with E-state index in [1.807, 2.05) is 6.92 Å². The summed E-state index contributed by atoms with van der Waals surface area (Å²) < 4.78 is 0.889. The Morgan fingerprint density at radius 3 is 3.18 bits per heavy atom. The van der Waals surface area contributed by atoms with E-state index >= 15 is 0 Å². The Morgan fingerprint density at radius 2 is 2.36 bits per heavy atom. The molecule has 5 heteroatoms. The van der Waals surface area contributed by atoms with Crippen LogP contribution in [0.1, 0.15) is 5.69 Å². The van der Waals surface area contributed by atoms with Gasteiger partial charge in [0.25, 0.3) is 0 Å². The van der Waals surface area contributed by atoms with E-state index < -0.39 is 0 Å². The molecule has 0 atom stereocenters. The molecule has 0 radical (unpaired) electrons. The lowest BCUT2D eigenvalue weighted by molar-refractivity contribution is 1.05. The van der Waals surface area contributed by atoms with Crippen molar-refractivity contribution in [2.75, 3.05) is 0 Å². The maximum atomic E-state index is 4.27. The van der Waals surface area contributed by atoms with Crippen LogP contribution in [0.4, 0.5) is 0 Å². The van der Waals surface area contributed by atoms with Crippen LogP contribution in [0.2, 0.25) is 0 Å². The summed E-state index contributed by atoms with van der Waals surface area (Å²) in [5, 5.41) is 6.78. The first-order chi connectivity index (χ1) is 5.27.